The summed E-state index contributed by atoms with van der Waals surface area (Å²) in [5.41, 5.74) is 0. The second kappa shape index (κ2) is 9.56. The molecule has 0 spiro atoms. The van der Waals surface area contributed by atoms with Crippen LogP contribution in [0.15, 0.2) is 37.0 Å². The zero-order valence-corrected chi connectivity index (χ0v) is 17.0. The van der Waals surface area contributed by atoms with Crippen molar-refractivity contribution in [3.05, 3.63) is 37.0 Å². The molecule has 0 radical (unpaired) electrons. The van der Waals surface area contributed by atoms with Gasteiger partial charge in [0.2, 0.25) is 0 Å². The van der Waals surface area contributed by atoms with E-state index in [1.165, 1.54) is 0 Å². The van der Waals surface area contributed by atoms with Crippen molar-refractivity contribution in [2.24, 2.45) is 0 Å². The molecule has 21 heavy (non-hydrogen) atoms. The van der Waals surface area contributed by atoms with E-state index < -0.39 is 16.6 Å². The van der Waals surface area contributed by atoms with Gasteiger partial charge < -0.3 is 8.85 Å². The average molecular weight is 327 g/mol. The molecule has 0 aromatic rings. The molecule has 2 nitrogen and oxygen atoms in total. The zero-order valence-electron chi connectivity index (χ0n) is 15.0. The first-order chi connectivity index (χ1) is 9.57. The van der Waals surface area contributed by atoms with Gasteiger partial charge in [-0.2, -0.15) is 0 Å². The molecule has 0 amide bonds. The summed E-state index contributed by atoms with van der Waals surface area (Å²) in [6.45, 7) is 19.3. The maximum absolute atomic E-state index is 6.16. The number of hydrogen-bond acceptors (Lipinski definition) is 2. The van der Waals surface area contributed by atoms with Crippen LogP contribution in [0.2, 0.25) is 39.3 Å². The highest BCUT2D eigenvalue weighted by Crippen LogP contribution is 2.14. The Morgan fingerprint density at radius 3 is 1.86 bits per heavy atom. The van der Waals surface area contributed by atoms with E-state index in [9.17, 15) is 0 Å². The van der Waals surface area contributed by atoms with E-state index in [2.05, 4.69) is 77.1 Å². The summed E-state index contributed by atoms with van der Waals surface area (Å²) in [7, 11) is -3.06. The highest BCUT2D eigenvalue weighted by molar-refractivity contribution is 6.70. The number of hydrogen-bond donors (Lipinski definition) is 0. The van der Waals surface area contributed by atoms with Gasteiger partial charge in [-0.1, -0.05) is 37.3 Å². The molecule has 4 heteroatoms. The van der Waals surface area contributed by atoms with Crippen molar-refractivity contribution < 1.29 is 8.85 Å². The summed E-state index contributed by atoms with van der Waals surface area (Å²) in [5.74, 6) is 0. The van der Waals surface area contributed by atoms with E-state index in [0.717, 1.165) is 12.8 Å². The third kappa shape index (κ3) is 13.0. The van der Waals surface area contributed by atoms with Gasteiger partial charge in [0.15, 0.2) is 16.6 Å². The molecule has 0 aliphatic rings. The zero-order chi connectivity index (χ0) is 16.5. The van der Waals surface area contributed by atoms with Gasteiger partial charge in [0.1, 0.15) is 0 Å². The van der Waals surface area contributed by atoms with Crippen LogP contribution in [0.25, 0.3) is 0 Å². The fourth-order valence-corrected chi connectivity index (χ4v) is 3.89. The highest BCUT2D eigenvalue weighted by Gasteiger charge is 2.19. The summed E-state index contributed by atoms with van der Waals surface area (Å²) < 4.78 is 12.2. The van der Waals surface area contributed by atoms with Gasteiger partial charge in [0, 0.05) is 0 Å². The molecule has 0 fully saturated rings. The summed E-state index contributed by atoms with van der Waals surface area (Å²) in [5, 5.41) is 0. The van der Waals surface area contributed by atoms with E-state index in [-0.39, 0.29) is 12.2 Å². The van der Waals surface area contributed by atoms with E-state index >= 15 is 0 Å². The highest BCUT2D eigenvalue weighted by atomic mass is 28.4. The van der Waals surface area contributed by atoms with Gasteiger partial charge in [0.25, 0.3) is 0 Å². The Morgan fingerprint density at radius 2 is 1.43 bits per heavy atom. The van der Waals surface area contributed by atoms with Gasteiger partial charge in [-0.15, -0.1) is 6.58 Å². The molecule has 0 bridgehead atoms. The van der Waals surface area contributed by atoms with Crippen molar-refractivity contribution in [3.8, 4) is 0 Å². The summed E-state index contributed by atoms with van der Waals surface area (Å²) in [4.78, 5) is 0. The molecule has 0 saturated carbocycles. The second-order valence-corrected chi connectivity index (χ2v) is 16.1. The molecular weight excluding hydrogens is 292 g/mol. The molecule has 122 valence electrons. The van der Waals surface area contributed by atoms with Crippen LogP contribution in [0.3, 0.4) is 0 Å². The minimum Gasteiger partial charge on any atom is -0.411 e. The molecule has 2 atom stereocenters. The van der Waals surface area contributed by atoms with Gasteiger partial charge >= 0.3 is 0 Å². The fraction of sp³-hybridized carbons (Fsp3) is 0.647. The number of allylic oxidation sites excluding steroid dienone is 1. The Kier molecular flexibility index (Phi) is 9.37. The molecule has 0 N–H and O–H groups in total. The van der Waals surface area contributed by atoms with Crippen LogP contribution in [-0.2, 0) is 8.85 Å². The second-order valence-electron chi connectivity index (χ2n) is 7.20. The van der Waals surface area contributed by atoms with Crippen LogP contribution >= 0.6 is 0 Å². The van der Waals surface area contributed by atoms with Crippen molar-refractivity contribution in [3.63, 3.8) is 0 Å². The van der Waals surface area contributed by atoms with Crippen molar-refractivity contribution in [1.82, 2.24) is 0 Å². The first kappa shape index (κ1) is 20.6. The minimum absolute atomic E-state index is 0.0777. The molecule has 0 aliphatic heterocycles. The Balaban J connectivity index is 4.61. The fourth-order valence-electron chi connectivity index (χ4n) is 1.81. The maximum atomic E-state index is 6.16. The molecule has 0 heterocycles. The van der Waals surface area contributed by atoms with E-state index in [1.54, 1.807) is 0 Å². The Hall–Kier alpha value is -0.426. The van der Waals surface area contributed by atoms with E-state index in [1.807, 2.05) is 6.08 Å². The molecule has 0 rings (SSSR count). The standard InChI is InChI=1S/C17H34O2Si2/c1-9-11-13-17(19-21(6,7)8)15-12-14-16(10-2)18-20(3,4)5/h10-13,15-17H,2,9,14H2,1,3-8H3/b13-11-,15-12-. The molecular formula is C17H34O2Si2. The van der Waals surface area contributed by atoms with Crippen molar-refractivity contribution in [2.45, 2.75) is 71.3 Å². The van der Waals surface area contributed by atoms with Gasteiger partial charge in [0.05, 0.1) is 12.2 Å². The molecule has 2 unspecified atom stereocenters. The van der Waals surface area contributed by atoms with E-state index in [4.69, 9.17) is 8.85 Å². The lowest BCUT2D eigenvalue weighted by atomic mass is 10.2. The van der Waals surface area contributed by atoms with Gasteiger partial charge in [-0.05, 0) is 52.1 Å². The summed E-state index contributed by atoms with van der Waals surface area (Å²) in [6, 6.07) is 0. The number of rotatable bonds is 10. The third-order valence-electron chi connectivity index (χ3n) is 2.51. The molecule has 0 saturated heterocycles. The molecule has 0 aromatic carbocycles. The normalized spacial score (nSPS) is 16.5. The van der Waals surface area contributed by atoms with Crippen LogP contribution in [0.4, 0.5) is 0 Å². The Morgan fingerprint density at radius 1 is 0.905 bits per heavy atom. The molecule has 0 aromatic heterocycles. The monoisotopic (exact) mass is 326 g/mol. The molecule has 0 aliphatic carbocycles. The summed E-state index contributed by atoms with van der Waals surface area (Å²) >= 11 is 0. The first-order valence-electron chi connectivity index (χ1n) is 7.89. The maximum Gasteiger partial charge on any atom is 0.184 e. The van der Waals surface area contributed by atoms with Crippen molar-refractivity contribution in [1.29, 1.82) is 0 Å². The largest absolute Gasteiger partial charge is 0.411 e. The topological polar surface area (TPSA) is 18.5 Å². The van der Waals surface area contributed by atoms with Crippen molar-refractivity contribution >= 4 is 16.6 Å². The average Bonchev–Trinajstić information content (AvgIpc) is 2.31. The Labute approximate surface area is 134 Å². The first-order valence-corrected chi connectivity index (χ1v) is 14.7. The Bertz CT molecular complexity index is 349. The van der Waals surface area contributed by atoms with Gasteiger partial charge in [-0.25, -0.2) is 0 Å². The predicted molar refractivity (Wildman–Crippen MR) is 99.8 cm³/mol. The van der Waals surface area contributed by atoms with Gasteiger partial charge in [-0.3, -0.25) is 0 Å². The quantitative estimate of drug-likeness (QED) is 0.388. The van der Waals surface area contributed by atoms with Crippen LogP contribution in [-0.4, -0.2) is 28.8 Å². The predicted octanol–water partition coefficient (Wildman–Crippen LogP) is 5.53. The van der Waals surface area contributed by atoms with Crippen LogP contribution < -0.4 is 0 Å². The summed E-state index contributed by atoms with van der Waals surface area (Å²) in [6.07, 6.45) is 12.6. The minimum atomic E-state index is -1.54. The lowest BCUT2D eigenvalue weighted by Gasteiger charge is -2.24. The van der Waals surface area contributed by atoms with Crippen LogP contribution in [0.1, 0.15) is 19.8 Å². The lowest BCUT2D eigenvalue weighted by Crippen LogP contribution is -2.31. The van der Waals surface area contributed by atoms with Crippen LogP contribution in [0, 0.1) is 0 Å². The van der Waals surface area contributed by atoms with Crippen molar-refractivity contribution in [2.75, 3.05) is 0 Å². The SMILES string of the molecule is C=CC(C/C=C\C(/C=C\CC)O[Si](C)(C)C)O[Si](C)(C)C. The lowest BCUT2D eigenvalue weighted by molar-refractivity contribution is 0.245. The van der Waals surface area contributed by atoms with Crippen LogP contribution in [0.5, 0.6) is 0 Å². The van der Waals surface area contributed by atoms with E-state index in [0.29, 0.717) is 0 Å². The third-order valence-corrected chi connectivity index (χ3v) is 4.50. The smallest absolute Gasteiger partial charge is 0.184 e.